The van der Waals surface area contributed by atoms with Gasteiger partial charge in [-0.2, -0.15) is 0 Å². The lowest BCUT2D eigenvalue weighted by Gasteiger charge is -2.55. The van der Waals surface area contributed by atoms with E-state index in [2.05, 4.69) is 15.9 Å². The molecule has 2 saturated heterocycles. The van der Waals surface area contributed by atoms with E-state index in [-0.39, 0.29) is 6.04 Å². The fraction of sp³-hybridized carbons (Fsp3) is 0.636. The number of benzene rings is 1. The Balaban J connectivity index is 1.57. The fourth-order valence-electron chi connectivity index (χ4n) is 5.62. The number of carbonyl (C=O) groups excluding carboxylic acids is 2. The maximum absolute atomic E-state index is 13.3. The van der Waals surface area contributed by atoms with E-state index < -0.39 is 23.1 Å². The first-order valence-electron chi connectivity index (χ1n) is 10.5. The van der Waals surface area contributed by atoms with Crippen molar-refractivity contribution in [3.8, 4) is 0 Å². The second-order valence-corrected chi connectivity index (χ2v) is 9.10. The predicted molar refractivity (Wildman–Crippen MR) is 104 cm³/mol. The van der Waals surface area contributed by atoms with Crippen LogP contribution in [0.1, 0.15) is 45.1 Å². The van der Waals surface area contributed by atoms with Crippen LogP contribution in [0.3, 0.4) is 0 Å². The van der Waals surface area contributed by atoms with Gasteiger partial charge in [-0.05, 0) is 24.5 Å². The summed E-state index contributed by atoms with van der Waals surface area (Å²) in [6, 6.07) is 8.40. The number of nitrogens with zero attached hydrogens (tertiary/aromatic N) is 2. The third-order valence-electron chi connectivity index (χ3n) is 7.00. The molecule has 0 aromatic heterocycles. The lowest BCUT2D eigenvalue weighted by atomic mass is 9.69. The molecule has 3 fully saturated rings. The van der Waals surface area contributed by atoms with Gasteiger partial charge in [0.15, 0.2) is 5.41 Å². The van der Waals surface area contributed by atoms with Crippen LogP contribution in [0.15, 0.2) is 24.3 Å². The number of hydrogen-bond donors (Lipinski definition) is 0. The molecule has 6 nitrogen and oxygen atoms in total. The van der Waals surface area contributed by atoms with Crippen LogP contribution in [0.4, 0.5) is 5.69 Å². The van der Waals surface area contributed by atoms with Crippen molar-refractivity contribution in [2.45, 2.75) is 63.8 Å². The fourth-order valence-corrected chi connectivity index (χ4v) is 5.62. The van der Waals surface area contributed by atoms with E-state index in [1.54, 1.807) is 13.8 Å². The van der Waals surface area contributed by atoms with E-state index >= 15 is 0 Å². The number of carbonyl (C=O) groups is 2. The summed E-state index contributed by atoms with van der Waals surface area (Å²) in [5.41, 5.74) is 0.859. The summed E-state index contributed by atoms with van der Waals surface area (Å²) in [6.07, 6.45) is 5.29. The Labute approximate surface area is 165 Å². The molecule has 1 atom stereocenters. The zero-order valence-corrected chi connectivity index (χ0v) is 16.6. The number of esters is 2. The summed E-state index contributed by atoms with van der Waals surface area (Å²) in [7, 11) is 0. The third kappa shape index (κ3) is 2.57. The Kier molecular flexibility index (Phi) is 3.99. The molecule has 1 aliphatic carbocycles. The van der Waals surface area contributed by atoms with E-state index in [0.29, 0.717) is 19.0 Å². The minimum Gasteiger partial charge on any atom is -0.422 e. The Morgan fingerprint density at radius 3 is 2.39 bits per heavy atom. The van der Waals surface area contributed by atoms with Crippen LogP contribution >= 0.6 is 0 Å². The number of piperazine rings is 1. The molecule has 1 unspecified atom stereocenters. The van der Waals surface area contributed by atoms with Gasteiger partial charge in [-0.1, -0.05) is 31.0 Å². The second-order valence-electron chi connectivity index (χ2n) is 9.10. The average molecular weight is 384 g/mol. The molecule has 6 heteroatoms. The number of fused-ring (bicyclic) bond motifs is 4. The number of anilines is 1. The van der Waals surface area contributed by atoms with Crippen molar-refractivity contribution in [3.05, 3.63) is 29.8 Å². The van der Waals surface area contributed by atoms with Crippen LogP contribution in [-0.4, -0.2) is 54.3 Å². The lowest BCUT2D eigenvalue weighted by molar-refractivity contribution is -0.253. The molecule has 0 amide bonds. The van der Waals surface area contributed by atoms with E-state index in [0.717, 1.165) is 24.3 Å². The minimum absolute atomic E-state index is 0.257. The summed E-state index contributed by atoms with van der Waals surface area (Å²) in [6.45, 7) is 5.71. The molecule has 150 valence electrons. The highest BCUT2D eigenvalue weighted by Gasteiger charge is 2.64. The molecule has 1 aromatic carbocycles. The lowest BCUT2D eigenvalue weighted by Crippen LogP contribution is -2.71. The molecule has 5 rings (SSSR count). The van der Waals surface area contributed by atoms with E-state index in [1.807, 2.05) is 18.2 Å². The zero-order chi connectivity index (χ0) is 19.5. The Morgan fingerprint density at radius 2 is 1.68 bits per heavy atom. The maximum Gasteiger partial charge on any atom is 0.329 e. The minimum atomic E-state index is -1.29. The van der Waals surface area contributed by atoms with Gasteiger partial charge in [0.05, 0.1) is 6.04 Å². The second kappa shape index (κ2) is 6.21. The average Bonchev–Trinajstić information content (AvgIpc) is 3.19. The molecule has 4 aliphatic rings. The first-order chi connectivity index (χ1) is 13.4. The highest BCUT2D eigenvalue weighted by Crippen LogP contribution is 2.48. The summed E-state index contributed by atoms with van der Waals surface area (Å²) < 4.78 is 11.3. The topological polar surface area (TPSA) is 59.1 Å². The van der Waals surface area contributed by atoms with Gasteiger partial charge in [-0.15, -0.1) is 0 Å². The van der Waals surface area contributed by atoms with Gasteiger partial charge in [0.1, 0.15) is 0 Å². The van der Waals surface area contributed by atoms with Crippen molar-refractivity contribution in [2.24, 2.45) is 5.41 Å². The molecule has 0 bridgehead atoms. The van der Waals surface area contributed by atoms with Crippen LogP contribution in [0.2, 0.25) is 0 Å². The van der Waals surface area contributed by atoms with Gasteiger partial charge in [0.25, 0.3) is 5.79 Å². The first-order valence-corrected chi connectivity index (χ1v) is 10.5. The molecule has 1 spiro atoms. The largest absolute Gasteiger partial charge is 0.422 e. The van der Waals surface area contributed by atoms with E-state index in [9.17, 15) is 9.59 Å². The Hall–Kier alpha value is -2.08. The summed E-state index contributed by atoms with van der Waals surface area (Å²) in [4.78, 5) is 31.4. The number of cyclic esters (lactones) is 2. The molecular weight excluding hydrogens is 356 g/mol. The number of rotatable bonds is 1. The smallest absolute Gasteiger partial charge is 0.329 e. The predicted octanol–water partition coefficient (Wildman–Crippen LogP) is 2.50. The van der Waals surface area contributed by atoms with Gasteiger partial charge < -0.3 is 14.4 Å². The van der Waals surface area contributed by atoms with Gasteiger partial charge in [-0.25, -0.2) is 0 Å². The van der Waals surface area contributed by atoms with Crippen LogP contribution in [0.25, 0.3) is 0 Å². The van der Waals surface area contributed by atoms with Crippen LogP contribution in [0.5, 0.6) is 0 Å². The summed E-state index contributed by atoms with van der Waals surface area (Å²) >= 11 is 0. The Bertz CT molecular complexity index is 795. The first kappa shape index (κ1) is 18.0. The highest BCUT2D eigenvalue weighted by molar-refractivity contribution is 6.04. The third-order valence-corrected chi connectivity index (χ3v) is 7.00. The van der Waals surface area contributed by atoms with Gasteiger partial charge in [0.2, 0.25) is 0 Å². The molecule has 0 radical (unpaired) electrons. The van der Waals surface area contributed by atoms with Crippen LogP contribution in [-0.2, 0) is 25.5 Å². The molecule has 1 saturated carbocycles. The number of ether oxygens (including phenoxy) is 2. The van der Waals surface area contributed by atoms with Gasteiger partial charge in [0, 0.05) is 51.6 Å². The molecule has 3 heterocycles. The molecule has 3 aliphatic heterocycles. The van der Waals surface area contributed by atoms with E-state index in [1.165, 1.54) is 25.7 Å². The van der Waals surface area contributed by atoms with Crippen molar-refractivity contribution in [3.63, 3.8) is 0 Å². The monoisotopic (exact) mass is 384 g/mol. The van der Waals surface area contributed by atoms with Crippen molar-refractivity contribution in [2.75, 3.05) is 24.5 Å². The van der Waals surface area contributed by atoms with Gasteiger partial charge >= 0.3 is 11.9 Å². The van der Waals surface area contributed by atoms with E-state index in [4.69, 9.17) is 9.47 Å². The van der Waals surface area contributed by atoms with Crippen molar-refractivity contribution in [1.29, 1.82) is 0 Å². The van der Waals surface area contributed by atoms with Crippen molar-refractivity contribution < 1.29 is 19.1 Å². The zero-order valence-electron chi connectivity index (χ0n) is 16.6. The normalized spacial score (nSPS) is 29.2. The summed E-state index contributed by atoms with van der Waals surface area (Å²) in [5, 5.41) is 0. The molecular formula is C22H28N2O4. The van der Waals surface area contributed by atoms with Crippen LogP contribution < -0.4 is 4.90 Å². The van der Waals surface area contributed by atoms with Crippen molar-refractivity contribution >= 4 is 17.6 Å². The van der Waals surface area contributed by atoms with Crippen molar-refractivity contribution in [1.82, 2.24) is 4.90 Å². The van der Waals surface area contributed by atoms with Gasteiger partial charge in [-0.3, -0.25) is 14.5 Å². The standard InChI is InChI=1S/C22H28N2O4/c1-21(2)27-19(25)22(20(26)28-21)13-15-7-3-6-10-17(15)24-12-11-23(14-18(22)24)16-8-4-5-9-16/h3,6-7,10,16,18H,4-5,8-9,11-14H2,1-2H3. The summed E-state index contributed by atoms with van der Waals surface area (Å²) in [5.74, 6) is -2.08. The molecule has 28 heavy (non-hydrogen) atoms. The molecule has 1 aromatic rings. The quantitative estimate of drug-likeness (QED) is 0.548. The SMILES string of the molecule is CC1(C)OC(=O)C2(Cc3ccccc3N3CCN(C4CCCC4)CC32)C(=O)O1. The molecule has 0 N–H and O–H groups in total. The Morgan fingerprint density at radius 1 is 1.00 bits per heavy atom. The van der Waals surface area contributed by atoms with Crippen LogP contribution in [0, 0.1) is 5.41 Å². The number of hydrogen-bond acceptors (Lipinski definition) is 6. The highest BCUT2D eigenvalue weighted by atomic mass is 16.7. The number of para-hydroxylation sites is 1. The maximum atomic E-state index is 13.3.